The molecular formula is C13H19ClN2O6S2. The molecule has 0 heterocycles. The summed E-state index contributed by atoms with van der Waals surface area (Å²) in [6, 6.07) is 3.25. The minimum atomic E-state index is -4.33. The van der Waals surface area contributed by atoms with Crippen molar-refractivity contribution in [1.82, 2.24) is 9.03 Å². The van der Waals surface area contributed by atoms with Gasteiger partial charge in [-0.15, -0.1) is 0 Å². The van der Waals surface area contributed by atoms with Crippen molar-refractivity contribution in [3.63, 3.8) is 0 Å². The van der Waals surface area contributed by atoms with E-state index in [0.29, 0.717) is 0 Å². The van der Waals surface area contributed by atoms with Crippen molar-refractivity contribution in [3.05, 3.63) is 23.2 Å². The second kappa shape index (κ2) is 7.79. The molecule has 0 aliphatic heterocycles. The second-order valence-corrected chi connectivity index (χ2v) is 9.42. The molecule has 0 aromatic heterocycles. The van der Waals surface area contributed by atoms with E-state index in [1.807, 2.05) is 4.72 Å². The Hall–Kier alpha value is -1.20. The summed E-state index contributed by atoms with van der Waals surface area (Å²) < 4.78 is 56.6. The Morgan fingerprint density at radius 2 is 1.88 bits per heavy atom. The summed E-state index contributed by atoms with van der Waals surface area (Å²) in [6.07, 6.45) is 0. The normalized spacial score (nSPS) is 13.8. The van der Waals surface area contributed by atoms with E-state index in [-0.39, 0.29) is 16.5 Å². The van der Waals surface area contributed by atoms with Crippen LogP contribution in [0.1, 0.15) is 6.92 Å². The predicted molar refractivity (Wildman–Crippen MR) is 88.7 cm³/mol. The maximum Gasteiger partial charge on any atom is 0.265 e. The number of hydrogen-bond acceptors (Lipinski definition) is 6. The molecule has 0 aliphatic rings. The first-order chi connectivity index (χ1) is 10.9. The van der Waals surface area contributed by atoms with E-state index < -0.39 is 36.8 Å². The van der Waals surface area contributed by atoms with Gasteiger partial charge in [0.2, 0.25) is 15.9 Å². The van der Waals surface area contributed by atoms with Crippen LogP contribution in [0.4, 0.5) is 0 Å². The average molecular weight is 399 g/mol. The van der Waals surface area contributed by atoms with Crippen LogP contribution >= 0.6 is 11.6 Å². The Bertz CT molecular complexity index is 821. The number of amides is 1. The summed E-state index contributed by atoms with van der Waals surface area (Å²) in [5, 5.41) is -0.201. The number of carbonyl (C=O) groups excluding carboxylic acids is 1. The first-order valence-electron chi connectivity index (χ1n) is 6.71. The number of nitrogens with zero attached hydrogens (tertiary/aromatic N) is 1. The van der Waals surface area contributed by atoms with Crippen molar-refractivity contribution in [2.24, 2.45) is 5.92 Å². The average Bonchev–Trinajstić information content (AvgIpc) is 2.46. The van der Waals surface area contributed by atoms with E-state index in [9.17, 15) is 21.6 Å². The maximum absolute atomic E-state index is 12.4. The van der Waals surface area contributed by atoms with E-state index in [0.717, 1.165) is 16.4 Å². The lowest BCUT2D eigenvalue weighted by Gasteiger charge is -2.15. The summed E-state index contributed by atoms with van der Waals surface area (Å²) in [5.74, 6) is -1.49. The molecule has 1 amide bonds. The van der Waals surface area contributed by atoms with Gasteiger partial charge in [-0.3, -0.25) is 4.79 Å². The molecule has 11 heteroatoms. The molecule has 1 aromatic rings. The van der Waals surface area contributed by atoms with Crippen molar-refractivity contribution in [3.8, 4) is 0 Å². The highest BCUT2D eigenvalue weighted by molar-refractivity contribution is 7.90. The number of halogens is 1. The first kappa shape index (κ1) is 20.8. The number of nitrogens with one attached hydrogen (secondary N) is 1. The Kier molecular flexibility index (Phi) is 6.76. The van der Waals surface area contributed by atoms with Crippen molar-refractivity contribution in [1.29, 1.82) is 0 Å². The topological polar surface area (TPSA) is 110 Å². The SMILES string of the molecule is COCC(C)C(=O)NS(=O)(=O)c1cc(S(=O)(=O)N(C)C)ccc1Cl. The molecule has 0 bridgehead atoms. The molecule has 1 N–H and O–H groups in total. The van der Waals surface area contributed by atoms with E-state index in [1.165, 1.54) is 34.2 Å². The molecule has 24 heavy (non-hydrogen) atoms. The molecule has 1 rings (SSSR count). The fourth-order valence-corrected chi connectivity index (χ4v) is 4.28. The second-order valence-electron chi connectivity index (χ2n) is 5.21. The van der Waals surface area contributed by atoms with Gasteiger partial charge < -0.3 is 4.74 Å². The van der Waals surface area contributed by atoms with Gasteiger partial charge in [-0.05, 0) is 18.2 Å². The summed E-state index contributed by atoms with van der Waals surface area (Å²) in [4.78, 5) is 11.1. The van der Waals surface area contributed by atoms with Crippen LogP contribution in [0.15, 0.2) is 28.0 Å². The van der Waals surface area contributed by atoms with Gasteiger partial charge in [-0.2, -0.15) is 0 Å². The predicted octanol–water partition coefficient (Wildman–Crippen LogP) is 0.678. The molecule has 8 nitrogen and oxygen atoms in total. The third-order valence-corrected chi connectivity index (χ3v) is 6.71. The smallest absolute Gasteiger partial charge is 0.265 e. The zero-order valence-electron chi connectivity index (χ0n) is 13.6. The van der Waals surface area contributed by atoms with Crippen LogP contribution in [-0.4, -0.2) is 54.9 Å². The number of sulfonamides is 2. The zero-order chi connectivity index (χ0) is 18.7. The summed E-state index contributed by atoms with van der Waals surface area (Å²) in [7, 11) is -4.18. The molecule has 0 saturated carbocycles. The molecule has 1 aromatic carbocycles. The lowest BCUT2D eigenvalue weighted by Crippen LogP contribution is -2.36. The van der Waals surface area contributed by atoms with Crippen molar-refractivity contribution < 1.29 is 26.4 Å². The standard InChI is InChI=1S/C13H19ClN2O6S2/c1-9(8-22-4)13(17)15-23(18,19)12-7-10(5-6-11(12)14)24(20,21)16(2)3/h5-7,9H,8H2,1-4H3,(H,15,17). The minimum Gasteiger partial charge on any atom is -0.384 e. The largest absolute Gasteiger partial charge is 0.384 e. The number of rotatable bonds is 7. The van der Waals surface area contributed by atoms with Gasteiger partial charge in [0.25, 0.3) is 10.0 Å². The fraction of sp³-hybridized carbons (Fsp3) is 0.462. The monoisotopic (exact) mass is 398 g/mol. The Morgan fingerprint density at radius 1 is 1.29 bits per heavy atom. The lowest BCUT2D eigenvalue weighted by molar-refractivity contribution is -0.124. The Morgan fingerprint density at radius 3 is 2.38 bits per heavy atom. The van der Waals surface area contributed by atoms with Gasteiger partial charge in [-0.1, -0.05) is 18.5 Å². The molecule has 1 atom stereocenters. The number of hydrogen-bond donors (Lipinski definition) is 1. The summed E-state index contributed by atoms with van der Waals surface area (Å²) in [6.45, 7) is 1.52. The third kappa shape index (κ3) is 4.67. The Labute approximate surface area is 146 Å². The van der Waals surface area contributed by atoms with Crippen LogP contribution in [0.2, 0.25) is 5.02 Å². The molecule has 1 unspecified atom stereocenters. The van der Waals surface area contributed by atoms with Gasteiger partial charge >= 0.3 is 0 Å². The number of carbonyl (C=O) groups is 1. The molecule has 0 aliphatic carbocycles. The van der Waals surface area contributed by atoms with Crippen LogP contribution in [-0.2, 0) is 29.6 Å². The van der Waals surface area contributed by atoms with E-state index in [1.54, 1.807) is 0 Å². The Balaban J connectivity index is 3.28. The minimum absolute atomic E-state index is 0.0319. The molecule has 0 saturated heterocycles. The van der Waals surface area contributed by atoms with Crippen molar-refractivity contribution in [2.45, 2.75) is 16.7 Å². The quantitative estimate of drug-likeness (QED) is 0.723. The van der Waals surface area contributed by atoms with Crippen molar-refractivity contribution in [2.75, 3.05) is 27.8 Å². The molecule has 0 radical (unpaired) electrons. The highest BCUT2D eigenvalue weighted by Gasteiger charge is 2.27. The number of benzene rings is 1. The first-order valence-corrected chi connectivity index (χ1v) is 10.0. The van der Waals surface area contributed by atoms with Gasteiger partial charge in [0.15, 0.2) is 0 Å². The highest BCUT2D eigenvalue weighted by Crippen LogP contribution is 2.26. The van der Waals surface area contributed by atoms with E-state index in [4.69, 9.17) is 16.3 Å². The molecule has 0 spiro atoms. The zero-order valence-corrected chi connectivity index (χ0v) is 16.0. The van der Waals surface area contributed by atoms with Crippen LogP contribution < -0.4 is 4.72 Å². The van der Waals surface area contributed by atoms with Crippen LogP contribution in [0.3, 0.4) is 0 Å². The van der Waals surface area contributed by atoms with Crippen LogP contribution in [0.25, 0.3) is 0 Å². The summed E-state index contributed by atoms with van der Waals surface area (Å²) in [5.41, 5.74) is 0. The van der Waals surface area contributed by atoms with Gasteiger partial charge in [0.1, 0.15) is 4.90 Å². The summed E-state index contributed by atoms with van der Waals surface area (Å²) >= 11 is 5.87. The highest BCUT2D eigenvalue weighted by atomic mass is 35.5. The van der Waals surface area contributed by atoms with E-state index >= 15 is 0 Å². The lowest BCUT2D eigenvalue weighted by atomic mass is 10.2. The maximum atomic E-state index is 12.4. The van der Waals surface area contributed by atoms with Gasteiger partial charge in [0, 0.05) is 21.2 Å². The molecule has 136 valence electrons. The van der Waals surface area contributed by atoms with Crippen LogP contribution in [0, 0.1) is 5.92 Å². The molecular weight excluding hydrogens is 380 g/mol. The molecule has 0 fully saturated rings. The van der Waals surface area contributed by atoms with Crippen molar-refractivity contribution >= 4 is 37.6 Å². The number of ether oxygens (including phenoxy) is 1. The third-order valence-electron chi connectivity index (χ3n) is 3.07. The van der Waals surface area contributed by atoms with E-state index in [2.05, 4.69) is 0 Å². The van der Waals surface area contributed by atoms with Gasteiger partial charge in [-0.25, -0.2) is 25.9 Å². The van der Waals surface area contributed by atoms with Gasteiger partial charge in [0.05, 0.1) is 22.4 Å². The van der Waals surface area contributed by atoms with Crippen LogP contribution in [0.5, 0.6) is 0 Å². The number of methoxy groups -OCH3 is 1. The fourth-order valence-electron chi connectivity index (χ4n) is 1.67.